The molecule has 0 saturated heterocycles. The first-order chi connectivity index (χ1) is 18.8. The zero-order valence-corrected chi connectivity index (χ0v) is 25.0. The van der Waals surface area contributed by atoms with Crippen molar-refractivity contribution in [3.63, 3.8) is 0 Å². The summed E-state index contributed by atoms with van der Waals surface area (Å²) in [6, 6.07) is -1.09. The molecule has 0 aromatic heterocycles. The fourth-order valence-electron chi connectivity index (χ4n) is 3.69. The third kappa shape index (κ3) is 27.1. The van der Waals surface area contributed by atoms with Crippen LogP contribution in [0.1, 0.15) is 104 Å². The molecule has 0 radical (unpaired) electrons. The Bertz CT molecular complexity index is 884. The molecule has 0 spiro atoms. The van der Waals surface area contributed by atoms with E-state index in [0.717, 1.165) is 51.4 Å². The summed E-state index contributed by atoms with van der Waals surface area (Å²) in [7, 11) is -4.36. The van der Waals surface area contributed by atoms with Crippen LogP contribution >= 0.6 is 0 Å². The lowest BCUT2D eigenvalue weighted by atomic mass is 10.1. The summed E-state index contributed by atoms with van der Waals surface area (Å²) < 4.78 is 32.1. The highest BCUT2D eigenvalue weighted by Gasteiger charge is 2.24. The summed E-state index contributed by atoms with van der Waals surface area (Å²) in [5.74, 6) is -1.07. The maximum absolute atomic E-state index is 12.3. The Balaban J connectivity index is 4.26. The summed E-state index contributed by atoms with van der Waals surface area (Å²) in [5.41, 5.74) is 0. The minimum atomic E-state index is -4.36. The van der Waals surface area contributed by atoms with Gasteiger partial charge in [0.05, 0.1) is 17.9 Å². The molecule has 0 saturated carbocycles. The number of unbranched alkanes of at least 4 members (excludes halogenated alkanes) is 6. The highest BCUT2D eigenvalue weighted by atomic mass is 32.2. The van der Waals surface area contributed by atoms with Crippen molar-refractivity contribution < 1.29 is 22.9 Å². The fourth-order valence-corrected chi connectivity index (χ4v) is 4.42. The van der Waals surface area contributed by atoms with Gasteiger partial charge in [-0.1, -0.05) is 99.6 Å². The number of aliphatic hydroxyl groups excluding tert-OH is 1. The predicted octanol–water partition coefficient (Wildman–Crippen LogP) is 7.56. The van der Waals surface area contributed by atoms with Gasteiger partial charge < -0.3 is 10.4 Å². The summed E-state index contributed by atoms with van der Waals surface area (Å²) in [6.07, 6.45) is 36.1. The van der Waals surface area contributed by atoms with Crippen molar-refractivity contribution in [1.82, 2.24) is 5.32 Å². The average molecular weight is 564 g/mol. The van der Waals surface area contributed by atoms with Crippen LogP contribution in [0.3, 0.4) is 0 Å². The predicted molar refractivity (Wildman–Crippen MR) is 165 cm³/mol. The first-order valence-corrected chi connectivity index (χ1v) is 16.2. The van der Waals surface area contributed by atoms with Crippen molar-refractivity contribution in [3.8, 4) is 0 Å². The van der Waals surface area contributed by atoms with Gasteiger partial charge in [0.2, 0.25) is 5.91 Å². The molecule has 0 aliphatic carbocycles. The topological polar surface area (TPSA) is 104 Å². The first-order valence-electron chi connectivity index (χ1n) is 14.6. The Kier molecular flexibility index (Phi) is 24.5. The van der Waals surface area contributed by atoms with Crippen molar-refractivity contribution in [1.29, 1.82) is 0 Å². The Morgan fingerprint density at radius 3 is 1.82 bits per heavy atom. The number of hydrogen-bond donors (Lipinski definition) is 3. The molecule has 6 nitrogen and oxygen atoms in total. The third-order valence-electron chi connectivity index (χ3n) is 5.87. The Labute approximate surface area is 238 Å². The second-order valence-corrected chi connectivity index (χ2v) is 11.1. The molecule has 1 amide bonds. The molecule has 0 heterocycles. The van der Waals surface area contributed by atoms with Crippen molar-refractivity contribution in [2.45, 2.75) is 116 Å². The molecular formula is C32H53NO5S. The molecule has 222 valence electrons. The lowest BCUT2D eigenvalue weighted by Gasteiger charge is -2.21. The molecule has 0 bridgehead atoms. The Morgan fingerprint density at radius 2 is 1.23 bits per heavy atom. The number of allylic oxidation sites excluding steroid dienone is 11. The number of aliphatic hydroxyl groups is 1. The van der Waals surface area contributed by atoms with E-state index in [1.807, 2.05) is 0 Å². The van der Waals surface area contributed by atoms with Gasteiger partial charge in [-0.3, -0.25) is 9.35 Å². The van der Waals surface area contributed by atoms with Crippen molar-refractivity contribution in [3.05, 3.63) is 72.9 Å². The third-order valence-corrected chi connectivity index (χ3v) is 6.65. The van der Waals surface area contributed by atoms with Gasteiger partial charge in [0, 0.05) is 6.42 Å². The number of hydrogen-bond acceptors (Lipinski definition) is 4. The van der Waals surface area contributed by atoms with Crippen LogP contribution in [0.25, 0.3) is 0 Å². The molecule has 0 fully saturated rings. The second kappa shape index (κ2) is 26.0. The number of carbonyl (C=O) groups is 1. The minimum absolute atomic E-state index is 0.231. The molecule has 39 heavy (non-hydrogen) atoms. The van der Waals surface area contributed by atoms with Crippen LogP contribution in [0, 0.1) is 0 Å². The molecule has 0 aromatic rings. The van der Waals surface area contributed by atoms with E-state index in [9.17, 15) is 22.9 Å². The van der Waals surface area contributed by atoms with Crippen LogP contribution < -0.4 is 5.32 Å². The van der Waals surface area contributed by atoms with Crippen LogP contribution in [-0.4, -0.2) is 41.9 Å². The molecule has 0 aliphatic heterocycles. The van der Waals surface area contributed by atoms with Gasteiger partial charge in [-0.25, -0.2) is 0 Å². The van der Waals surface area contributed by atoms with E-state index in [1.54, 1.807) is 6.08 Å². The molecule has 2 atom stereocenters. The van der Waals surface area contributed by atoms with Crippen LogP contribution in [0.4, 0.5) is 0 Å². The van der Waals surface area contributed by atoms with Crippen molar-refractivity contribution >= 4 is 16.0 Å². The zero-order chi connectivity index (χ0) is 29.0. The maximum atomic E-state index is 12.3. The standard InChI is InChI=1S/C32H53NO5S/c1-3-5-7-9-11-13-14-15-16-17-18-20-22-24-26-28-32(35)33-30(29-39(36,37)38)31(34)27-25-23-21-19-12-10-8-6-4-2/h5,7,11-13,15-16,18-20,25,27,30-31,34H,3-4,6,8-10,14,17,21-24,26,28-29H2,1-2H3,(H,33,35)(H,36,37,38)/b7-5-,13-11-,16-15-,19-12+,20-18-,27-25+. The summed E-state index contributed by atoms with van der Waals surface area (Å²) >= 11 is 0. The van der Waals surface area contributed by atoms with Crippen LogP contribution in [0.5, 0.6) is 0 Å². The van der Waals surface area contributed by atoms with Gasteiger partial charge >= 0.3 is 0 Å². The number of carbonyl (C=O) groups excluding carboxylic acids is 1. The van der Waals surface area contributed by atoms with E-state index in [-0.39, 0.29) is 12.3 Å². The average Bonchev–Trinajstić information content (AvgIpc) is 2.88. The van der Waals surface area contributed by atoms with Crippen LogP contribution in [-0.2, 0) is 14.9 Å². The van der Waals surface area contributed by atoms with Crippen LogP contribution in [0.15, 0.2) is 72.9 Å². The van der Waals surface area contributed by atoms with Crippen molar-refractivity contribution in [2.75, 3.05) is 5.75 Å². The van der Waals surface area contributed by atoms with Gasteiger partial charge in [0.15, 0.2) is 0 Å². The van der Waals surface area contributed by atoms with Gasteiger partial charge in [0.25, 0.3) is 10.1 Å². The molecule has 0 aromatic carbocycles. The molecule has 0 aliphatic rings. The molecule has 3 N–H and O–H groups in total. The van der Waals surface area contributed by atoms with E-state index in [2.05, 4.69) is 79.9 Å². The molecule has 0 rings (SSSR count). The highest BCUT2D eigenvalue weighted by Crippen LogP contribution is 2.07. The molecular weight excluding hydrogens is 510 g/mol. The van der Waals surface area contributed by atoms with E-state index >= 15 is 0 Å². The molecule has 2 unspecified atom stereocenters. The normalized spacial score (nSPS) is 14.7. The Hall–Kier alpha value is -2.22. The smallest absolute Gasteiger partial charge is 0.267 e. The van der Waals surface area contributed by atoms with Gasteiger partial charge in [-0.05, 0) is 70.6 Å². The quantitative estimate of drug-likeness (QED) is 0.0639. The van der Waals surface area contributed by atoms with E-state index < -0.39 is 28.0 Å². The SMILES string of the molecule is CC/C=C\C/C=C\C/C=C\C/C=C\CCCCC(=O)NC(CS(=O)(=O)O)C(O)/C=C/CC/C=C/CCCCC. The number of rotatable bonds is 24. The molecule has 7 heteroatoms. The summed E-state index contributed by atoms with van der Waals surface area (Å²) in [6.45, 7) is 4.30. The largest absolute Gasteiger partial charge is 0.387 e. The highest BCUT2D eigenvalue weighted by molar-refractivity contribution is 7.85. The van der Waals surface area contributed by atoms with Crippen molar-refractivity contribution in [2.24, 2.45) is 0 Å². The number of nitrogens with one attached hydrogen (secondary N) is 1. The lowest BCUT2D eigenvalue weighted by molar-refractivity contribution is -0.122. The first kappa shape index (κ1) is 36.8. The van der Waals surface area contributed by atoms with Gasteiger partial charge in [-0.2, -0.15) is 8.42 Å². The van der Waals surface area contributed by atoms with Gasteiger partial charge in [0.1, 0.15) is 0 Å². The summed E-state index contributed by atoms with van der Waals surface area (Å²) in [5, 5.41) is 13.0. The van der Waals surface area contributed by atoms with E-state index in [4.69, 9.17) is 0 Å². The Morgan fingerprint density at radius 1 is 0.718 bits per heavy atom. The van der Waals surface area contributed by atoms with Crippen LogP contribution in [0.2, 0.25) is 0 Å². The second-order valence-electron chi connectivity index (χ2n) is 9.63. The lowest BCUT2D eigenvalue weighted by Crippen LogP contribution is -2.46. The summed E-state index contributed by atoms with van der Waals surface area (Å²) in [4.78, 5) is 12.3. The maximum Gasteiger partial charge on any atom is 0.267 e. The van der Waals surface area contributed by atoms with E-state index in [1.165, 1.54) is 25.3 Å². The monoisotopic (exact) mass is 563 g/mol. The fraction of sp³-hybridized carbons (Fsp3) is 0.594. The van der Waals surface area contributed by atoms with E-state index in [0.29, 0.717) is 12.8 Å². The van der Waals surface area contributed by atoms with Gasteiger partial charge in [-0.15, -0.1) is 0 Å². The zero-order valence-electron chi connectivity index (χ0n) is 24.2. The number of amides is 1. The minimum Gasteiger partial charge on any atom is -0.387 e.